The zero-order chi connectivity index (χ0) is 9.68. The molecule has 1 heterocycles. The normalized spacial score (nSPS) is 19.1. The summed E-state index contributed by atoms with van der Waals surface area (Å²) in [4.78, 5) is 13.5. The summed E-state index contributed by atoms with van der Waals surface area (Å²) < 4.78 is 0. The molecule has 0 aromatic carbocycles. The highest BCUT2D eigenvalue weighted by Gasteiger charge is 2.21. The van der Waals surface area contributed by atoms with Crippen LogP contribution in [0.1, 0.15) is 32.6 Å². The van der Waals surface area contributed by atoms with Gasteiger partial charge < -0.3 is 4.90 Å². The molecule has 1 aliphatic rings. The SMILES string of the molecule is CCCC(=O)N1CCC(CCl)CC1. The van der Waals surface area contributed by atoms with Crippen LogP contribution < -0.4 is 0 Å². The number of halogens is 1. The molecule has 0 unspecified atom stereocenters. The Balaban J connectivity index is 2.28. The molecule has 1 fully saturated rings. The van der Waals surface area contributed by atoms with Crippen LogP contribution in [-0.2, 0) is 4.79 Å². The maximum absolute atomic E-state index is 11.5. The van der Waals surface area contributed by atoms with E-state index in [4.69, 9.17) is 11.6 Å². The number of carbonyl (C=O) groups is 1. The summed E-state index contributed by atoms with van der Waals surface area (Å²) in [7, 11) is 0. The highest BCUT2D eigenvalue weighted by Crippen LogP contribution is 2.18. The van der Waals surface area contributed by atoms with Gasteiger partial charge in [0.1, 0.15) is 0 Å². The van der Waals surface area contributed by atoms with E-state index in [1.54, 1.807) is 0 Å². The molecular formula is C10H18ClNO. The molecule has 0 N–H and O–H groups in total. The molecule has 0 saturated carbocycles. The minimum Gasteiger partial charge on any atom is -0.343 e. The molecule has 0 aromatic rings. The van der Waals surface area contributed by atoms with Crippen molar-refractivity contribution in [2.24, 2.45) is 5.92 Å². The van der Waals surface area contributed by atoms with Crippen molar-refractivity contribution in [3.63, 3.8) is 0 Å². The number of alkyl halides is 1. The van der Waals surface area contributed by atoms with E-state index in [9.17, 15) is 4.79 Å². The molecule has 0 atom stereocenters. The van der Waals surface area contributed by atoms with Crippen molar-refractivity contribution in [2.75, 3.05) is 19.0 Å². The lowest BCUT2D eigenvalue weighted by Gasteiger charge is -2.31. The van der Waals surface area contributed by atoms with Crippen molar-refractivity contribution in [2.45, 2.75) is 32.6 Å². The number of rotatable bonds is 3. The van der Waals surface area contributed by atoms with E-state index in [0.717, 1.165) is 38.2 Å². The fraction of sp³-hybridized carbons (Fsp3) is 0.900. The van der Waals surface area contributed by atoms with E-state index in [1.165, 1.54) is 0 Å². The largest absolute Gasteiger partial charge is 0.343 e. The van der Waals surface area contributed by atoms with Crippen LogP contribution in [0.5, 0.6) is 0 Å². The molecule has 1 rings (SSSR count). The third kappa shape index (κ3) is 3.18. The first-order chi connectivity index (χ1) is 6.27. The van der Waals surface area contributed by atoms with E-state index in [1.807, 2.05) is 11.8 Å². The van der Waals surface area contributed by atoms with Gasteiger partial charge in [0.25, 0.3) is 0 Å². The van der Waals surface area contributed by atoms with Crippen LogP contribution in [0.3, 0.4) is 0 Å². The lowest BCUT2D eigenvalue weighted by molar-refractivity contribution is -0.132. The van der Waals surface area contributed by atoms with Crippen molar-refractivity contribution in [3.8, 4) is 0 Å². The Morgan fingerprint density at radius 1 is 1.46 bits per heavy atom. The Kier molecular flexibility index (Phi) is 4.57. The second kappa shape index (κ2) is 5.48. The Labute approximate surface area is 85.2 Å². The van der Waals surface area contributed by atoms with Gasteiger partial charge in [0.15, 0.2) is 0 Å². The van der Waals surface area contributed by atoms with Gasteiger partial charge in [-0.1, -0.05) is 6.92 Å². The standard InChI is InChI=1S/C10H18ClNO/c1-2-3-10(13)12-6-4-9(8-11)5-7-12/h9H,2-8H2,1H3. The predicted molar refractivity (Wildman–Crippen MR) is 54.9 cm³/mol. The van der Waals surface area contributed by atoms with Crippen molar-refractivity contribution >= 4 is 17.5 Å². The number of carbonyl (C=O) groups excluding carboxylic acids is 1. The quantitative estimate of drug-likeness (QED) is 0.645. The van der Waals surface area contributed by atoms with Crippen LogP contribution >= 0.6 is 11.6 Å². The summed E-state index contributed by atoms with van der Waals surface area (Å²) in [5.41, 5.74) is 0. The Bertz CT molecular complexity index is 164. The van der Waals surface area contributed by atoms with Crippen molar-refractivity contribution in [3.05, 3.63) is 0 Å². The fourth-order valence-electron chi connectivity index (χ4n) is 1.71. The predicted octanol–water partition coefficient (Wildman–Crippen LogP) is 2.26. The Morgan fingerprint density at radius 2 is 2.08 bits per heavy atom. The third-order valence-electron chi connectivity index (χ3n) is 2.65. The second-order valence-corrected chi connectivity index (χ2v) is 4.04. The van der Waals surface area contributed by atoms with E-state index in [0.29, 0.717) is 18.2 Å². The minimum absolute atomic E-state index is 0.315. The lowest BCUT2D eigenvalue weighted by atomic mass is 9.99. The van der Waals surface area contributed by atoms with Crippen molar-refractivity contribution < 1.29 is 4.79 Å². The molecule has 0 aromatic heterocycles. The molecule has 2 nitrogen and oxygen atoms in total. The molecular weight excluding hydrogens is 186 g/mol. The average molecular weight is 204 g/mol. The number of amides is 1. The first-order valence-corrected chi connectivity index (χ1v) is 5.65. The zero-order valence-corrected chi connectivity index (χ0v) is 9.02. The first-order valence-electron chi connectivity index (χ1n) is 5.11. The number of hydrogen-bond donors (Lipinski definition) is 0. The molecule has 0 spiro atoms. The Hall–Kier alpha value is -0.240. The molecule has 1 amide bonds. The summed E-state index contributed by atoms with van der Waals surface area (Å²) in [5, 5.41) is 0. The minimum atomic E-state index is 0.315. The van der Waals surface area contributed by atoms with Crippen LogP contribution in [0, 0.1) is 5.92 Å². The molecule has 1 saturated heterocycles. The van der Waals surface area contributed by atoms with Crippen molar-refractivity contribution in [1.82, 2.24) is 4.90 Å². The van der Waals surface area contributed by atoms with Gasteiger partial charge in [0, 0.05) is 25.4 Å². The van der Waals surface area contributed by atoms with Crippen LogP contribution in [-0.4, -0.2) is 29.8 Å². The van der Waals surface area contributed by atoms with E-state index in [2.05, 4.69) is 0 Å². The van der Waals surface area contributed by atoms with Crippen LogP contribution in [0.25, 0.3) is 0 Å². The fourth-order valence-corrected chi connectivity index (χ4v) is 2.02. The molecule has 0 aliphatic carbocycles. The van der Waals surface area contributed by atoms with Gasteiger partial charge in [-0.2, -0.15) is 0 Å². The number of hydrogen-bond acceptors (Lipinski definition) is 1. The van der Waals surface area contributed by atoms with Gasteiger partial charge in [0.05, 0.1) is 0 Å². The van der Waals surface area contributed by atoms with Crippen LogP contribution in [0.4, 0.5) is 0 Å². The summed E-state index contributed by atoms with van der Waals surface area (Å²) in [6.45, 7) is 3.87. The summed E-state index contributed by atoms with van der Waals surface area (Å²) in [6, 6.07) is 0. The van der Waals surface area contributed by atoms with Gasteiger partial charge >= 0.3 is 0 Å². The molecule has 13 heavy (non-hydrogen) atoms. The van der Waals surface area contributed by atoms with Crippen LogP contribution in [0.15, 0.2) is 0 Å². The second-order valence-electron chi connectivity index (χ2n) is 3.73. The maximum Gasteiger partial charge on any atom is 0.222 e. The maximum atomic E-state index is 11.5. The topological polar surface area (TPSA) is 20.3 Å². The van der Waals surface area contributed by atoms with Gasteiger partial charge in [-0.3, -0.25) is 4.79 Å². The first kappa shape index (κ1) is 10.8. The van der Waals surface area contributed by atoms with Crippen LogP contribution in [0.2, 0.25) is 0 Å². The number of piperidine rings is 1. The smallest absolute Gasteiger partial charge is 0.222 e. The number of likely N-dealkylation sites (tertiary alicyclic amines) is 1. The summed E-state index contributed by atoms with van der Waals surface area (Å²) in [5.74, 6) is 1.69. The van der Waals surface area contributed by atoms with Crippen molar-refractivity contribution in [1.29, 1.82) is 0 Å². The lowest BCUT2D eigenvalue weighted by Crippen LogP contribution is -2.38. The summed E-state index contributed by atoms with van der Waals surface area (Å²) >= 11 is 5.77. The highest BCUT2D eigenvalue weighted by molar-refractivity contribution is 6.18. The van der Waals surface area contributed by atoms with E-state index >= 15 is 0 Å². The van der Waals surface area contributed by atoms with Gasteiger partial charge in [-0.15, -0.1) is 11.6 Å². The molecule has 3 heteroatoms. The molecule has 1 aliphatic heterocycles. The Morgan fingerprint density at radius 3 is 2.54 bits per heavy atom. The average Bonchev–Trinajstić information content (AvgIpc) is 2.18. The number of nitrogens with zero attached hydrogens (tertiary/aromatic N) is 1. The molecule has 0 radical (unpaired) electrons. The van der Waals surface area contributed by atoms with E-state index < -0.39 is 0 Å². The molecule has 76 valence electrons. The van der Waals surface area contributed by atoms with E-state index in [-0.39, 0.29) is 0 Å². The van der Waals surface area contributed by atoms with Gasteiger partial charge in [-0.25, -0.2) is 0 Å². The van der Waals surface area contributed by atoms with Gasteiger partial charge in [-0.05, 0) is 25.2 Å². The third-order valence-corrected chi connectivity index (χ3v) is 3.09. The summed E-state index contributed by atoms with van der Waals surface area (Å²) in [6.07, 6.45) is 3.82. The highest BCUT2D eigenvalue weighted by atomic mass is 35.5. The molecule has 0 bridgehead atoms. The monoisotopic (exact) mass is 203 g/mol. The van der Waals surface area contributed by atoms with Gasteiger partial charge in [0.2, 0.25) is 5.91 Å². The zero-order valence-electron chi connectivity index (χ0n) is 8.26.